The Kier molecular flexibility index (Phi) is 6.52. The van der Waals surface area contributed by atoms with Crippen molar-refractivity contribution < 1.29 is 9.47 Å². The Morgan fingerprint density at radius 2 is 2.00 bits per heavy atom. The molecule has 0 heterocycles. The lowest BCUT2D eigenvalue weighted by atomic mass is 10.2. The number of hydrogen-bond donors (Lipinski definition) is 0. The summed E-state index contributed by atoms with van der Waals surface area (Å²) in [6, 6.07) is 7.71. The summed E-state index contributed by atoms with van der Waals surface area (Å²) < 4.78 is 10.9. The van der Waals surface area contributed by atoms with Crippen LogP contribution in [0.2, 0.25) is 5.02 Å². The molecule has 1 aromatic rings. The first-order chi connectivity index (χ1) is 8.13. The zero-order valence-electron chi connectivity index (χ0n) is 10.6. The second-order valence-electron chi connectivity index (χ2n) is 4.23. The van der Waals surface area contributed by atoms with Crippen LogP contribution in [0.5, 0.6) is 0 Å². The number of methoxy groups -OCH3 is 1. The molecule has 0 fully saturated rings. The lowest BCUT2D eigenvalue weighted by Gasteiger charge is -2.19. The van der Waals surface area contributed by atoms with E-state index in [4.69, 9.17) is 21.1 Å². The fourth-order valence-corrected chi connectivity index (χ4v) is 1.71. The molecule has 0 radical (unpaired) electrons. The van der Waals surface area contributed by atoms with Crippen LogP contribution in [0, 0.1) is 0 Å². The summed E-state index contributed by atoms with van der Waals surface area (Å²) in [6.07, 6.45) is 0.0903. The number of nitrogens with zero attached hydrogens (tertiary/aromatic N) is 1. The van der Waals surface area contributed by atoms with Gasteiger partial charge in [0.15, 0.2) is 0 Å². The predicted molar refractivity (Wildman–Crippen MR) is 70.5 cm³/mol. The van der Waals surface area contributed by atoms with E-state index < -0.39 is 0 Å². The maximum Gasteiger partial charge on any atom is 0.0931 e. The van der Waals surface area contributed by atoms with Crippen molar-refractivity contribution in [1.29, 1.82) is 0 Å². The van der Waals surface area contributed by atoms with Crippen molar-refractivity contribution in [1.82, 2.24) is 4.90 Å². The molecule has 3 nitrogen and oxygen atoms in total. The Morgan fingerprint density at radius 3 is 2.59 bits per heavy atom. The Morgan fingerprint density at radius 1 is 1.29 bits per heavy atom. The van der Waals surface area contributed by atoms with Crippen molar-refractivity contribution >= 4 is 11.6 Å². The van der Waals surface area contributed by atoms with E-state index in [1.54, 1.807) is 7.11 Å². The Labute approximate surface area is 108 Å². The van der Waals surface area contributed by atoms with Crippen LogP contribution in [0.15, 0.2) is 24.3 Å². The van der Waals surface area contributed by atoms with E-state index in [1.165, 1.54) is 0 Å². The van der Waals surface area contributed by atoms with Crippen molar-refractivity contribution in [3.8, 4) is 0 Å². The first-order valence-corrected chi connectivity index (χ1v) is 6.00. The molecule has 0 saturated carbocycles. The maximum absolute atomic E-state index is 6.04. The fourth-order valence-electron chi connectivity index (χ4n) is 1.52. The van der Waals surface area contributed by atoms with Crippen LogP contribution >= 0.6 is 11.6 Å². The van der Waals surface area contributed by atoms with E-state index in [-0.39, 0.29) is 6.10 Å². The van der Waals surface area contributed by atoms with E-state index in [2.05, 4.69) is 4.90 Å². The first kappa shape index (κ1) is 14.5. The van der Waals surface area contributed by atoms with Gasteiger partial charge in [-0.2, -0.15) is 0 Å². The van der Waals surface area contributed by atoms with E-state index in [0.29, 0.717) is 13.2 Å². The van der Waals surface area contributed by atoms with Gasteiger partial charge in [0.1, 0.15) is 0 Å². The van der Waals surface area contributed by atoms with Gasteiger partial charge in [-0.05, 0) is 25.7 Å². The summed E-state index contributed by atoms with van der Waals surface area (Å²) in [5.74, 6) is 0. The second-order valence-corrected chi connectivity index (χ2v) is 4.63. The fraction of sp³-hybridized carbons (Fsp3) is 0.538. The van der Waals surface area contributed by atoms with Crippen LogP contribution in [0.3, 0.4) is 0 Å². The van der Waals surface area contributed by atoms with Gasteiger partial charge in [0.05, 0.1) is 19.3 Å². The van der Waals surface area contributed by atoms with Crippen LogP contribution in [0.25, 0.3) is 0 Å². The monoisotopic (exact) mass is 257 g/mol. The van der Waals surface area contributed by atoms with Gasteiger partial charge < -0.3 is 14.4 Å². The third-order valence-electron chi connectivity index (χ3n) is 2.42. The summed E-state index contributed by atoms with van der Waals surface area (Å²) >= 11 is 6.04. The number of benzene rings is 1. The van der Waals surface area contributed by atoms with Gasteiger partial charge >= 0.3 is 0 Å². The summed E-state index contributed by atoms with van der Waals surface area (Å²) in [4.78, 5) is 2.08. The standard InChI is InChI=1S/C13H20ClNO2/c1-15(2)8-12(16-3)10-17-9-11-6-4-5-7-13(11)14/h4-7,12H,8-10H2,1-3H3. The molecule has 0 spiro atoms. The van der Waals surface area contributed by atoms with Crippen molar-refractivity contribution in [2.45, 2.75) is 12.7 Å². The molecular formula is C13H20ClNO2. The van der Waals surface area contributed by atoms with E-state index in [9.17, 15) is 0 Å². The van der Waals surface area contributed by atoms with Gasteiger partial charge in [-0.1, -0.05) is 29.8 Å². The molecule has 1 atom stereocenters. The molecule has 0 aliphatic rings. The van der Waals surface area contributed by atoms with Gasteiger partial charge in [0.25, 0.3) is 0 Å². The quantitative estimate of drug-likeness (QED) is 0.749. The molecule has 1 rings (SSSR count). The van der Waals surface area contributed by atoms with Gasteiger partial charge in [0.2, 0.25) is 0 Å². The van der Waals surface area contributed by atoms with E-state index >= 15 is 0 Å². The third-order valence-corrected chi connectivity index (χ3v) is 2.79. The molecule has 0 aromatic heterocycles. The van der Waals surface area contributed by atoms with E-state index in [0.717, 1.165) is 17.1 Å². The molecule has 1 unspecified atom stereocenters. The Hall–Kier alpha value is -0.610. The van der Waals surface area contributed by atoms with Crippen LogP contribution in [-0.2, 0) is 16.1 Å². The van der Waals surface area contributed by atoms with Gasteiger partial charge in [-0.3, -0.25) is 0 Å². The van der Waals surface area contributed by atoms with Gasteiger partial charge in [-0.25, -0.2) is 0 Å². The number of likely N-dealkylation sites (N-methyl/N-ethyl adjacent to an activating group) is 1. The lowest BCUT2D eigenvalue weighted by molar-refractivity contribution is -0.00886. The first-order valence-electron chi connectivity index (χ1n) is 5.62. The molecule has 0 N–H and O–H groups in total. The largest absolute Gasteiger partial charge is 0.378 e. The van der Waals surface area contributed by atoms with Crippen molar-refractivity contribution in [3.63, 3.8) is 0 Å². The smallest absolute Gasteiger partial charge is 0.0931 e. The molecule has 17 heavy (non-hydrogen) atoms. The highest BCUT2D eigenvalue weighted by molar-refractivity contribution is 6.31. The van der Waals surface area contributed by atoms with Crippen molar-refractivity contribution in [2.24, 2.45) is 0 Å². The van der Waals surface area contributed by atoms with Crippen molar-refractivity contribution in [2.75, 3.05) is 34.4 Å². The van der Waals surface area contributed by atoms with Crippen molar-refractivity contribution in [3.05, 3.63) is 34.9 Å². The molecule has 96 valence electrons. The lowest BCUT2D eigenvalue weighted by Crippen LogP contribution is -2.31. The average molecular weight is 258 g/mol. The number of halogens is 1. The Bertz CT molecular complexity index is 331. The summed E-state index contributed by atoms with van der Waals surface area (Å²) in [7, 11) is 5.73. The molecule has 0 amide bonds. The minimum Gasteiger partial charge on any atom is -0.378 e. The number of rotatable bonds is 7. The summed E-state index contributed by atoms with van der Waals surface area (Å²) in [6.45, 7) is 1.94. The molecular weight excluding hydrogens is 238 g/mol. The van der Waals surface area contributed by atoms with Crippen LogP contribution in [0.4, 0.5) is 0 Å². The minimum atomic E-state index is 0.0903. The normalized spacial score (nSPS) is 13.0. The molecule has 4 heteroatoms. The maximum atomic E-state index is 6.04. The zero-order valence-corrected chi connectivity index (χ0v) is 11.4. The Balaban J connectivity index is 2.34. The zero-order chi connectivity index (χ0) is 12.7. The third kappa shape index (κ3) is 5.50. The van der Waals surface area contributed by atoms with E-state index in [1.807, 2.05) is 38.4 Å². The van der Waals surface area contributed by atoms with Crippen LogP contribution in [-0.4, -0.2) is 45.4 Å². The highest BCUT2D eigenvalue weighted by Gasteiger charge is 2.09. The van der Waals surface area contributed by atoms with Gasteiger partial charge in [0, 0.05) is 18.7 Å². The molecule has 0 saturated heterocycles. The highest BCUT2D eigenvalue weighted by atomic mass is 35.5. The van der Waals surface area contributed by atoms with Gasteiger partial charge in [-0.15, -0.1) is 0 Å². The van der Waals surface area contributed by atoms with Crippen LogP contribution < -0.4 is 0 Å². The number of hydrogen-bond acceptors (Lipinski definition) is 3. The predicted octanol–water partition coefficient (Wildman–Crippen LogP) is 2.43. The number of ether oxygens (including phenoxy) is 2. The molecule has 0 aliphatic heterocycles. The molecule has 0 aliphatic carbocycles. The van der Waals surface area contributed by atoms with Crippen LogP contribution in [0.1, 0.15) is 5.56 Å². The average Bonchev–Trinajstić information content (AvgIpc) is 2.29. The second kappa shape index (κ2) is 7.67. The molecule has 1 aromatic carbocycles. The highest BCUT2D eigenvalue weighted by Crippen LogP contribution is 2.15. The molecule has 0 bridgehead atoms. The topological polar surface area (TPSA) is 21.7 Å². The summed E-state index contributed by atoms with van der Waals surface area (Å²) in [5.41, 5.74) is 1.01. The SMILES string of the molecule is COC(COCc1ccccc1Cl)CN(C)C. The summed E-state index contributed by atoms with van der Waals surface area (Å²) in [5, 5.41) is 0.745. The minimum absolute atomic E-state index is 0.0903.